The highest BCUT2D eigenvalue weighted by molar-refractivity contribution is 7.53. The van der Waals surface area contributed by atoms with Crippen LogP contribution in [0.4, 0.5) is 18.4 Å². The molecule has 4 rings (SSSR count). The molecule has 0 aliphatic carbocycles. The van der Waals surface area contributed by atoms with Crippen molar-refractivity contribution in [3.63, 3.8) is 0 Å². The lowest BCUT2D eigenvalue weighted by molar-refractivity contribution is -0.0306. The zero-order chi connectivity index (χ0) is 39.1. The second kappa shape index (κ2) is 17.6. The normalized spacial score (nSPS) is 18.7. The summed E-state index contributed by atoms with van der Waals surface area (Å²) in [5.41, 5.74) is -2.88. The second-order valence-electron chi connectivity index (χ2n) is 13.3. The highest BCUT2D eigenvalue weighted by atomic mass is 31.2. The van der Waals surface area contributed by atoms with Crippen LogP contribution in [-0.4, -0.2) is 89.7 Å². The highest BCUT2D eigenvalue weighted by Crippen LogP contribution is 2.49. The number of pyridine rings is 1. The van der Waals surface area contributed by atoms with Crippen LogP contribution in [0.15, 0.2) is 29.2 Å². The Bertz CT molecular complexity index is 1770. The maximum atomic E-state index is 14.1. The standard InChI is InChI=1S/C34H44F2N3O13P/c1-20(2)51-32(44)47-18-49-53(46,50-19-48-33(45)52-21(3)4)13-7-12-38-11-6-10-34(5)26(38)17-39-16-24(28(40)29(41)27(39)30(34)42)31(43)37-15-22-8-9-23(35)14-25(22)36/h8-9,14,16,20-21,26,41H,6-7,10-13,15,17-19H2,1-5H3,(H,37,43)/t26-,34-/m0/s1. The van der Waals surface area contributed by atoms with Crippen LogP contribution < -0.4 is 10.7 Å². The monoisotopic (exact) mass is 771 g/mol. The largest absolute Gasteiger partial charge is 0.510 e. The van der Waals surface area contributed by atoms with Crippen LogP contribution >= 0.6 is 7.60 Å². The number of aromatic nitrogens is 1. The van der Waals surface area contributed by atoms with Gasteiger partial charge in [-0.15, -0.1) is 0 Å². The van der Waals surface area contributed by atoms with E-state index in [1.165, 1.54) is 10.8 Å². The minimum absolute atomic E-state index is 0.0338. The topological polar surface area (TPSA) is 198 Å². The molecule has 3 heterocycles. The van der Waals surface area contributed by atoms with Gasteiger partial charge in [0.25, 0.3) is 5.91 Å². The third-order valence-corrected chi connectivity index (χ3v) is 10.6. The molecule has 0 radical (unpaired) electrons. The van der Waals surface area contributed by atoms with Gasteiger partial charge in [-0.1, -0.05) is 13.0 Å². The van der Waals surface area contributed by atoms with Crippen LogP contribution in [0.5, 0.6) is 5.75 Å². The number of nitrogens with zero attached hydrogens (tertiary/aromatic N) is 2. The Morgan fingerprint density at radius 2 is 1.66 bits per heavy atom. The van der Waals surface area contributed by atoms with E-state index in [4.69, 9.17) is 28.0 Å². The maximum absolute atomic E-state index is 14.1. The number of hydrogen-bond acceptors (Lipinski definition) is 14. The lowest BCUT2D eigenvalue weighted by Gasteiger charge is -2.50. The van der Waals surface area contributed by atoms with Gasteiger partial charge in [0.1, 0.15) is 22.9 Å². The summed E-state index contributed by atoms with van der Waals surface area (Å²) in [5, 5.41) is 13.3. The molecule has 0 bridgehead atoms. The van der Waals surface area contributed by atoms with Gasteiger partial charge in [-0.3, -0.25) is 32.9 Å². The van der Waals surface area contributed by atoms with Gasteiger partial charge in [0.05, 0.1) is 18.4 Å². The fourth-order valence-electron chi connectivity index (χ4n) is 6.21. The van der Waals surface area contributed by atoms with Crippen molar-refractivity contribution in [2.45, 2.75) is 85.2 Å². The molecular weight excluding hydrogens is 727 g/mol. The van der Waals surface area contributed by atoms with Crippen molar-refractivity contribution >= 4 is 31.6 Å². The molecule has 0 spiro atoms. The number of amides is 1. The van der Waals surface area contributed by atoms with Crippen LogP contribution in [0.2, 0.25) is 0 Å². The summed E-state index contributed by atoms with van der Waals surface area (Å²) < 4.78 is 72.4. The fourth-order valence-corrected chi connectivity index (χ4v) is 7.50. The third-order valence-electron chi connectivity index (χ3n) is 8.77. The number of piperidine rings is 1. The first-order chi connectivity index (χ1) is 24.9. The molecule has 16 nitrogen and oxygen atoms in total. The summed E-state index contributed by atoms with van der Waals surface area (Å²) in [6, 6.07) is 2.32. The van der Waals surface area contributed by atoms with Crippen molar-refractivity contribution in [3.05, 3.63) is 63.1 Å². The van der Waals surface area contributed by atoms with E-state index in [0.717, 1.165) is 12.1 Å². The molecule has 2 aromatic rings. The van der Waals surface area contributed by atoms with Crippen LogP contribution in [0.25, 0.3) is 0 Å². The van der Waals surface area contributed by atoms with Gasteiger partial charge in [-0.25, -0.2) is 18.4 Å². The molecule has 2 N–H and O–H groups in total. The van der Waals surface area contributed by atoms with E-state index in [-0.39, 0.29) is 43.5 Å². The first-order valence-electron chi connectivity index (χ1n) is 17.0. The summed E-state index contributed by atoms with van der Waals surface area (Å²) in [7, 11) is -4.07. The summed E-state index contributed by atoms with van der Waals surface area (Å²) in [6.07, 6.45) is -0.963. The van der Waals surface area contributed by atoms with Gasteiger partial charge in [-0.05, 0) is 66.1 Å². The van der Waals surface area contributed by atoms with Crippen molar-refractivity contribution in [2.75, 3.05) is 32.8 Å². The Kier molecular flexibility index (Phi) is 13.8. The van der Waals surface area contributed by atoms with E-state index in [1.807, 2.05) is 4.90 Å². The Balaban J connectivity index is 1.48. The van der Waals surface area contributed by atoms with Gasteiger partial charge in [0.15, 0.2) is 11.5 Å². The van der Waals surface area contributed by atoms with E-state index < -0.39 is 97.2 Å². The predicted octanol–water partition coefficient (Wildman–Crippen LogP) is 5.08. The molecule has 2 aliphatic rings. The number of hydrogen-bond donors (Lipinski definition) is 2. The summed E-state index contributed by atoms with van der Waals surface area (Å²) in [4.78, 5) is 65.7. The summed E-state index contributed by atoms with van der Waals surface area (Å²) >= 11 is 0. The molecule has 1 aromatic carbocycles. The van der Waals surface area contributed by atoms with Gasteiger partial charge in [-0.2, -0.15) is 0 Å². The highest BCUT2D eigenvalue weighted by Gasteiger charge is 2.51. The second-order valence-corrected chi connectivity index (χ2v) is 15.5. The Labute approximate surface area is 304 Å². The fraction of sp³-hybridized carbons (Fsp3) is 0.559. The van der Waals surface area contributed by atoms with Crippen molar-refractivity contribution in [1.82, 2.24) is 14.8 Å². The van der Waals surface area contributed by atoms with E-state index in [2.05, 4.69) is 5.32 Å². The zero-order valence-corrected chi connectivity index (χ0v) is 31.0. The SMILES string of the molecule is CC(C)OC(=O)OCOP(=O)(CCCN1CCC[C@]2(C)C(=O)c3c(O)c(=O)c(C(=O)NCc4ccc(F)cc4F)cn3C[C@H]12)OCOC(=O)OC(C)C. The molecule has 53 heavy (non-hydrogen) atoms. The average molecular weight is 772 g/mol. The molecule has 1 saturated heterocycles. The molecule has 1 fully saturated rings. The van der Waals surface area contributed by atoms with Gasteiger partial charge >= 0.3 is 19.9 Å². The molecule has 1 amide bonds. The molecule has 292 valence electrons. The number of fused-ring (bicyclic) bond motifs is 2. The Morgan fingerprint density at radius 1 is 1.04 bits per heavy atom. The van der Waals surface area contributed by atoms with Gasteiger partial charge in [0, 0.05) is 42.4 Å². The maximum Gasteiger partial charge on any atom is 0.510 e. The number of Topliss-reactive ketones (excluding diaryl/α,β-unsaturated/α-hetero) is 1. The first kappa shape index (κ1) is 41.4. The van der Waals surface area contributed by atoms with E-state index in [9.17, 15) is 42.4 Å². The van der Waals surface area contributed by atoms with Crippen LogP contribution in [0.3, 0.4) is 0 Å². The Morgan fingerprint density at radius 3 is 2.25 bits per heavy atom. The number of nitrogens with one attached hydrogen (secondary N) is 1. The summed E-state index contributed by atoms with van der Waals surface area (Å²) in [5.74, 6) is -4.02. The predicted molar refractivity (Wildman–Crippen MR) is 181 cm³/mol. The van der Waals surface area contributed by atoms with E-state index in [1.54, 1.807) is 34.6 Å². The number of halogens is 2. The number of carbonyl (C=O) groups is 4. The Hall–Kier alpha value is -4.38. The van der Waals surface area contributed by atoms with E-state index in [0.29, 0.717) is 25.5 Å². The first-order valence-corrected chi connectivity index (χ1v) is 18.7. The van der Waals surface area contributed by atoms with Crippen LogP contribution in [-0.2, 0) is 45.6 Å². The number of aromatic hydroxyl groups is 1. The number of carbonyl (C=O) groups excluding carboxylic acids is 4. The number of rotatable bonds is 15. The van der Waals surface area contributed by atoms with Crippen LogP contribution in [0, 0.1) is 17.0 Å². The quantitative estimate of drug-likeness (QED) is 0.138. The minimum Gasteiger partial charge on any atom is -0.503 e. The smallest absolute Gasteiger partial charge is 0.503 e. The van der Waals surface area contributed by atoms with Gasteiger partial charge in [0.2, 0.25) is 19.0 Å². The number of likely N-dealkylation sites (tertiary alicyclic amines) is 1. The van der Waals surface area contributed by atoms with Crippen LogP contribution in [0.1, 0.15) is 80.3 Å². The van der Waals surface area contributed by atoms with E-state index >= 15 is 0 Å². The zero-order valence-electron chi connectivity index (χ0n) is 30.1. The summed E-state index contributed by atoms with van der Waals surface area (Å²) in [6.45, 7) is 7.06. The van der Waals surface area contributed by atoms with Crippen molar-refractivity contribution in [3.8, 4) is 5.75 Å². The lowest BCUT2D eigenvalue weighted by atomic mass is 9.68. The minimum atomic E-state index is -4.07. The van der Waals surface area contributed by atoms with Gasteiger partial charge < -0.3 is 33.9 Å². The van der Waals surface area contributed by atoms with Crippen molar-refractivity contribution in [2.24, 2.45) is 5.41 Å². The molecule has 2 atom stereocenters. The molecule has 0 saturated carbocycles. The molecule has 2 aliphatic heterocycles. The average Bonchev–Trinajstić information content (AvgIpc) is 3.06. The lowest BCUT2D eigenvalue weighted by Crippen LogP contribution is -2.59. The third kappa shape index (κ3) is 10.4. The van der Waals surface area contributed by atoms with Crippen molar-refractivity contribution < 1.29 is 65.6 Å². The number of ether oxygens (including phenoxy) is 4. The van der Waals surface area contributed by atoms with Crippen molar-refractivity contribution in [1.29, 1.82) is 0 Å². The molecule has 1 aromatic heterocycles. The molecule has 0 unspecified atom stereocenters. The number of benzene rings is 1. The molecular formula is C34H44F2N3O13P. The number of ketones is 1. The molecule has 19 heteroatoms.